The highest BCUT2D eigenvalue weighted by atomic mass is 15.1. The van der Waals surface area contributed by atoms with Gasteiger partial charge in [0.25, 0.3) is 0 Å². The molecule has 1 aliphatic rings. The fraction of sp³-hybridized carbons (Fsp3) is 0.722. The second kappa shape index (κ2) is 6.78. The third kappa shape index (κ3) is 4.70. The first-order valence-corrected chi connectivity index (χ1v) is 8.28. The van der Waals surface area contributed by atoms with Gasteiger partial charge in [-0.2, -0.15) is 0 Å². The standard InChI is InChI=1S/C18H31N3/c1-14(2)11-19-12-16-13-20-15(3)10-17(16)21-8-6-18(4,5)7-9-21/h10,13-14,19H,6-9,11-12H2,1-5H3. The lowest BCUT2D eigenvalue weighted by atomic mass is 9.82. The lowest BCUT2D eigenvalue weighted by Crippen LogP contribution is -2.38. The molecule has 3 heteroatoms. The quantitative estimate of drug-likeness (QED) is 0.894. The fourth-order valence-corrected chi connectivity index (χ4v) is 2.85. The minimum atomic E-state index is 0.495. The smallest absolute Gasteiger partial charge is 0.0445 e. The second-order valence-corrected chi connectivity index (χ2v) is 7.63. The molecule has 0 amide bonds. The van der Waals surface area contributed by atoms with Crippen molar-refractivity contribution in [3.63, 3.8) is 0 Å². The van der Waals surface area contributed by atoms with E-state index in [1.165, 1.54) is 24.1 Å². The Bertz CT molecular complexity index is 456. The zero-order chi connectivity index (χ0) is 15.5. The molecule has 0 aliphatic carbocycles. The molecule has 21 heavy (non-hydrogen) atoms. The molecule has 3 nitrogen and oxygen atoms in total. The van der Waals surface area contributed by atoms with Crippen LogP contribution in [0.1, 0.15) is 51.8 Å². The molecule has 1 N–H and O–H groups in total. The Hall–Kier alpha value is -1.09. The lowest BCUT2D eigenvalue weighted by Gasteiger charge is -2.39. The van der Waals surface area contributed by atoms with Gasteiger partial charge in [-0.3, -0.25) is 4.98 Å². The topological polar surface area (TPSA) is 28.2 Å². The molecule has 1 saturated heterocycles. The van der Waals surface area contributed by atoms with Gasteiger partial charge in [0, 0.05) is 42.8 Å². The zero-order valence-corrected chi connectivity index (χ0v) is 14.4. The summed E-state index contributed by atoms with van der Waals surface area (Å²) in [5, 5.41) is 3.55. The maximum absolute atomic E-state index is 4.49. The van der Waals surface area contributed by atoms with Gasteiger partial charge in [0.15, 0.2) is 0 Å². The number of nitrogens with zero attached hydrogens (tertiary/aromatic N) is 2. The van der Waals surface area contributed by atoms with E-state index in [0.29, 0.717) is 11.3 Å². The van der Waals surface area contributed by atoms with E-state index in [9.17, 15) is 0 Å². The van der Waals surface area contributed by atoms with Crippen molar-refractivity contribution in [3.8, 4) is 0 Å². The van der Waals surface area contributed by atoms with Crippen LogP contribution in [0.25, 0.3) is 0 Å². The van der Waals surface area contributed by atoms with Crippen molar-refractivity contribution in [2.24, 2.45) is 11.3 Å². The molecule has 2 rings (SSSR count). The van der Waals surface area contributed by atoms with Crippen LogP contribution in [-0.4, -0.2) is 24.6 Å². The molecule has 118 valence electrons. The van der Waals surface area contributed by atoms with Crippen LogP contribution < -0.4 is 10.2 Å². The van der Waals surface area contributed by atoms with Crippen LogP contribution in [0.4, 0.5) is 5.69 Å². The molecule has 0 aromatic carbocycles. The highest BCUT2D eigenvalue weighted by molar-refractivity contribution is 5.54. The molecular weight excluding hydrogens is 258 g/mol. The summed E-state index contributed by atoms with van der Waals surface area (Å²) in [6, 6.07) is 2.25. The van der Waals surface area contributed by atoms with Crippen LogP contribution in [0.5, 0.6) is 0 Å². The Morgan fingerprint density at radius 3 is 2.57 bits per heavy atom. The number of aromatic nitrogens is 1. The van der Waals surface area contributed by atoms with Crippen LogP contribution in [-0.2, 0) is 6.54 Å². The Morgan fingerprint density at radius 2 is 1.95 bits per heavy atom. The highest BCUT2D eigenvalue weighted by Gasteiger charge is 2.26. The van der Waals surface area contributed by atoms with Crippen LogP contribution in [0.3, 0.4) is 0 Å². The van der Waals surface area contributed by atoms with Gasteiger partial charge in [0.2, 0.25) is 0 Å². The average molecular weight is 289 g/mol. The van der Waals surface area contributed by atoms with Gasteiger partial charge in [0.1, 0.15) is 0 Å². The van der Waals surface area contributed by atoms with Gasteiger partial charge in [0.05, 0.1) is 0 Å². The molecular formula is C18H31N3. The number of hydrogen-bond acceptors (Lipinski definition) is 3. The summed E-state index contributed by atoms with van der Waals surface area (Å²) in [7, 11) is 0. The highest BCUT2D eigenvalue weighted by Crippen LogP contribution is 2.33. The van der Waals surface area contributed by atoms with E-state index in [4.69, 9.17) is 0 Å². The second-order valence-electron chi connectivity index (χ2n) is 7.63. The minimum absolute atomic E-state index is 0.495. The maximum atomic E-state index is 4.49. The SMILES string of the molecule is Cc1cc(N2CCC(C)(C)CC2)c(CNCC(C)C)cn1. The van der Waals surface area contributed by atoms with Gasteiger partial charge >= 0.3 is 0 Å². The van der Waals surface area contributed by atoms with Crippen LogP contribution in [0.2, 0.25) is 0 Å². The van der Waals surface area contributed by atoms with Gasteiger partial charge in [-0.25, -0.2) is 0 Å². The number of aryl methyl sites for hydroxylation is 1. The van der Waals surface area contributed by atoms with Gasteiger partial charge < -0.3 is 10.2 Å². The van der Waals surface area contributed by atoms with Crippen molar-refractivity contribution >= 4 is 5.69 Å². The number of rotatable bonds is 5. The number of hydrogen-bond donors (Lipinski definition) is 1. The minimum Gasteiger partial charge on any atom is -0.371 e. The van der Waals surface area contributed by atoms with E-state index in [1.54, 1.807) is 0 Å². The molecule has 0 bridgehead atoms. The molecule has 0 atom stereocenters. The van der Waals surface area contributed by atoms with E-state index >= 15 is 0 Å². The molecule has 1 aromatic rings. The fourth-order valence-electron chi connectivity index (χ4n) is 2.85. The first-order valence-electron chi connectivity index (χ1n) is 8.28. The van der Waals surface area contributed by atoms with E-state index in [-0.39, 0.29) is 0 Å². The summed E-state index contributed by atoms with van der Waals surface area (Å²) in [6.07, 6.45) is 4.60. The Labute approximate surface area is 130 Å². The summed E-state index contributed by atoms with van der Waals surface area (Å²) in [6.45, 7) is 15.6. The van der Waals surface area contributed by atoms with Crippen molar-refractivity contribution in [2.75, 3.05) is 24.5 Å². The van der Waals surface area contributed by atoms with E-state index in [0.717, 1.165) is 31.9 Å². The monoisotopic (exact) mass is 289 g/mol. The average Bonchev–Trinajstić information content (AvgIpc) is 2.40. The van der Waals surface area contributed by atoms with Crippen molar-refractivity contribution < 1.29 is 0 Å². The summed E-state index contributed by atoms with van der Waals surface area (Å²) in [5.74, 6) is 0.683. The third-order valence-corrected chi connectivity index (χ3v) is 4.42. The third-order valence-electron chi connectivity index (χ3n) is 4.42. The number of nitrogens with one attached hydrogen (secondary N) is 1. The van der Waals surface area contributed by atoms with Crippen LogP contribution in [0.15, 0.2) is 12.3 Å². The van der Waals surface area contributed by atoms with Crippen molar-refractivity contribution in [1.82, 2.24) is 10.3 Å². The van der Waals surface area contributed by atoms with Crippen molar-refractivity contribution in [2.45, 2.75) is 54.0 Å². The Balaban J connectivity index is 2.08. The van der Waals surface area contributed by atoms with Gasteiger partial charge in [-0.15, -0.1) is 0 Å². The largest absolute Gasteiger partial charge is 0.371 e. The molecule has 0 unspecified atom stereocenters. The summed E-state index contributed by atoms with van der Waals surface area (Å²) >= 11 is 0. The van der Waals surface area contributed by atoms with Crippen molar-refractivity contribution in [3.05, 3.63) is 23.5 Å². The summed E-state index contributed by atoms with van der Waals surface area (Å²) in [5.41, 5.74) is 4.33. The molecule has 1 aromatic heterocycles. The zero-order valence-electron chi connectivity index (χ0n) is 14.4. The molecule has 1 fully saturated rings. The summed E-state index contributed by atoms with van der Waals surface area (Å²) < 4.78 is 0. The van der Waals surface area contributed by atoms with Crippen molar-refractivity contribution in [1.29, 1.82) is 0 Å². The molecule has 0 radical (unpaired) electrons. The first-order chi connectivity index (χ1) is 9.87. The number of pyridine rings is 1. The Morgan fingerprint density at radius 1 is 1.29 bits per heavy atom. The first kappa shape index (κ1) is 16.3. The predicted octanol–water partition coefficient (Wildman–Crippen LogP) is 3.76. The number of piperidine rings is 1. The predicted molar refractivity (Wildman–Crippen MR) is 90.7 cm³/mol. The van der Waals surface area contributed by atoms with Crippen LogP contribution >= 0.6 is 0 Å². The molecule has 0 saturated carbocycles. The maximum Gasteiger partial charge on any atom is 0.0445 e. The lowest BCUT2D eigenvalue weighted by molar-refractivity contribution is 0.279. The van der Waals surface area contributed by atoms with E-state index in [2.05, 4.69) is 62.1 Å². The van der Waals surface area contributed by atoms with Crippen LogP contribution in [0, 0.1) is 18.3 Å². The van der Waals surface area contributed by atoms with Gasteiger partial charge in [-0.05, 0) is 43.7 Å². The van der Waals surface area contributed by atoms with Gasteiger partial charge in [-0.1, -0.05) is 27.7 Å². The van der Waals surface area contributed by atoms with E-state index in [1.807, 2.05) is 0 Å². The normalized spacial score (nSPS) is 18.3. The Kier molecular flexibility index (Phi) is 5.26. The summed E-state index contributed by atoms with van der Waals surface area (Å²) in [4.78, 5) is 7.04. The van der Waals surface area contributed by atoms with E-state index < -0.39 is 0 Å². The molecule has 1 aliphatic heterocycles. The molecule has 2 heterocycles. The molecule has 0 spiro atoms. The number of anilines is 1.